The van der Waals surface area contributed by atoms with E-state index in [1.165, 1.54) is 6.20 Å². The van der Waals surface area contributed by atoms with Gasteiger partial charge in [0.2, 0.25) is 5.91 Å². The van der Waals surface area contributed by atoms with Crippen LogP contribution in [-0.2, 0) is 4.79 Å². The smallest absolute Gasteiger partial charge is 0.238 e. The summed E-state index contributed by atoms with van der Waals surface area (Å²) in [6.45, 7) is 3.66. The second-order valence-electron chi connectivity index (χ2n) is 4.35. The number of hydrogen-bond donors (Lipinski definition) is 4. The largest absolute Gasteiger partial charge is 0.394 e. The molecule has 0 aliphatic heterocycles. The molecule has 1 heterocycles. The van der Waals surface area contributed by atoms with Gasteiger partial charge in [-0.05, 0) is 26.0 Å². The molecule has 0 unspecified atom stereocenters. The molecule has 17 heavy (non-hydrogen) atoms. The number of aromatic nitrogens is 1. The van der Waals surface area contributed by atoms with E-state index in [9.17, 15) is 4.79 Å². The molecule has 1 aromatic heterocycles. The number of aliphatic hydroxyl groups is 1. The fourth-order valence-corrected chi connectivity index (χ4v) is 1.14. The first-order valence-electron chi connectivity index (χ1n) is 5.32. The first-order valence-corrected chi connectivity index (χ1v) is 5.32. The minimum absolute atomic E-state index is 0.000338. The molecule has 1 rings (SSSR count). The van der Waals surface area contributed by atoms with Crippen molar-refractivity contribution in [1.29, 1.82) is 0 Å². The molecule has 0 radical (unpaired) electrons. The summed E-state index contributed by atoms with van der Waals surface area (Å²) in [5.41, 5.74) is 5.33. The van der Waals surface area contributed by atoms with Gasteiger partial charge >= 0.3 is 0 Å². The Bertz CT molecular complexity index is 376. The Balaban J connectivity index is 2.65. The highest BCUT2D eigenvalue weighted by Gasteiger charge is 2.15. The zero-order valence-corrected chi connectivity index (χ0v) is 10.0. The average molecular weight is 238 g/mol. The Morgan fingerprint density at radius 3 is 2.71 bits per heavy atom. The minimum atomic E-state index is -0.435. The average Bonchev–Trinajstić information content (AvgIpc) is 2.31. The van der Waals surface area contributed by atoms with E-state index in [0.29, 0.717) is 11.5 Å². The maximum atomic E-state index is 11.0. The number of nitrogens with one attached hydrogen (secondary N) is 2. The van der Waals surface area contributed by atoms with Crippen molar-refractivity contribution in [3.63, 3.8) is 0 Å². The van der Waals surface area contributed by atoms with Gasteiger partial charge in [-0.3, -0.25) is 4.79 Å². The molecule has 0 aliphatic rings. The molecular weight excluding hydrogens is 220 g/mol. The van der Waals surface area contributed by atoms with Crippen LogP contribution in [0.1, 0.15) is 13.8 Å². The molecule has 0 atom stereocenters. The predicted octanol–water partition coefficient (Wildman–Crippen LogP) is 0.162. The van der Waals surface area contributed by atoms with Crippen molar-refractivity contribution in [3.8, 4) is 0 Å². The highest BCUT2D eigenvalue weighted by molar-refractivity contribution is 5.91. The number of anilines is 2. The van der Waals surface area contributed by atoms with E-state index < -0.39 is 5.54 Å². The number of amides is 1. The molecule has 1 aromatic rings. The monoisotopic (exact) mass is 238 g/mol. The summed E-state index contributed by atoms with van der Waals surface area (Å²) < 4.78 is 0. The molecule has 94 valence electrons. The molecule has 1 amide bonds. The van der Waals surface area contributed by atoms with E-state index in [1.807, 2.05) is 13.8 Å². The number of rotatable bonds is 5. The molecule has 0 bridgehead atoms. The predicted molar refractivity (Wildman–Crippen MR) is 66.7 cm³/mol. The SMILES string of the molecule is CC(C)(CO)Nc1ccc(NC(=O)CN)cn1. The van der Waals surface area contributed by atoms with Crippen molar-refractivity contribution < 1.29 is 9.90 Å². The van der Waals surface area contributed by atoms with Gasteiger partial charge in [0.15, 0.2) is 0 Å². The van der Waals surface area contributed by atoms with E-state index >= 15 is 0 Å². The lowest BCUT2D eigenvalue weighted by Gasteiger charge is -2.24. The number of carbonyl (C=O) groups is 1. The van der Waals surface area contributed by atoms with Gasteiger partial charge in [0.1, 0.15) is 5.82 Å². The highest BCUT2D eigenvalue weighted by atomic mass is 16.3. The number of nitrogens with two attached hydrogens (primary N) is 1. The summed E-state index contributed by atoms with van der Waals surface area (Å²) in [6, 6.07) is 3.44. The van der Waals surface area contributed by atoms with Crippen molar-refractivity contribution in [3.05, 3.63) is 18.3 Å². The van der Waals surface area contributed by atoms with Gasteiger partial charge in [-0.2, -0.15) is 0 Å². The topological polar surface area (TPSA) is 100 Å². The standard InChI is InChI=1S/C11H18N4O2/c1-11(2,7-16)15-9-4-3-8(6-13-9)14-10(17)5-12/h3-4,6,16H,5,7,12H2,1-2H3,(H,13,15)(H,14,17). The van der Waals surface area contributed by atoms with Crippen LogP contribution in [0.15, 0.2) is 18.3 Å². The summed E-state index contributed by atoms with van der Waals surface area (Å²) in [5.74, 6) is 0.373. The van der Waals surface area contributed by atoms with Crippen molar-refractivity contribution in [2.24, 2.45) is 5.73 Å². The van der Waals surface area contributed by atoms with E-state index in [2.05, 4.69) is 15.6 Å². The van der Waals surface area contributed by atoms with Crippen LogP contribution in [0.2, 0.25) is 0 Å². The molecule has 0 saturated carbocycles. The Morgan fingerprint density at radius 2 is 2.24 bits per heavy atom. The molecule has 5 N–H and O–H groups in total. The van der Waals surface area contributed by atoms with Crippen molar-refractivity contribution in [1.82, 2.24) is 4.98 Å². The van der Waals surface area contributed by atoms with Gasteiger partial charge < -0.3 is 21.5 Å². The quantitative estimate of drug-likeness (QED) is 0.585. The van der Waals surface area contributed by atoms with Gasteiger partial charge in [-0.15, -0.1) is 0 Å². The Hall–Kier alpha value is -1.66. The van der Waals surface area contributed by atoms with Gasteiger partial charge in [0.05, 0.1) is 30.6 Å². The Kier molecular flexibility index (Phi) is 4.42. The molecule has 6 heteroatoms. The molecule has 0 fully saturated rings. The maximum absolute atomic E-state index is 11.0. The van der Waals surface area contributed by atoms with Crippen molar-refractivity contribution in [2.45, 2.75) is 19.4 Å². The fraction of sp³-hybridized carbons (Fsp3) is 0.455. The van der Waals surface area contributed by atoms with Crippen LogP contribution in [0.5, 0.6) is 0 Å². The molecule has 0 aliphatic carbocycles. The van der Waals surface area contributed by atoms with Crippen LogP contribution in [-0.4, -0.2) is 34.7 Å². The minimum Gasteiger partial charge on any atom is -0.394 e. The zero-order valence-electron chi connectivity index (χ0n) is 10.0. The third-order valence-corrected chi connectivity index (χ3v) is 2.09. The number of hydrogen-bond acceptors (Lipinski definition) is 5. The van der Waals surface area contributed by atoms with Crippen LogP contribution in [0.3, 0.4) is 0 Å². The lowest BCUT2D eigenvalue weighted by atomic mass is 10.1. The lowest BCUT2D eigenvalue weighted by Crippen LogP contribution is -2.35. The number of aliphatic hydroxyl groups excluding tert-OH is 1. The molecular formula is C11H18N4O2. The first-order chi connectivity index (χ1) is 7.96. The van der Waals surface area contributed by atoms with Gasteiger partial charge in [0.25, 0.3) is 0 Å². The van der Waals surface area contributed by atoms with E-state index in [0.717, 1.165) is 0 Å². The molecule has 0 spiro atoms. The number of nitrogens with zero attached hydrogens (tertiary/aromatic N) is 1. The zero-order chi connectivity index (χ0) is 12.9. The molecule has 6 nitrogen and oxygen atoms in total. The van der Waals surface area contributed by atoms with Gasteiger partial charge in [-0.25, -0.2) is 4.98 Å². The summed E-state index contributed by atoms with van der Waals surface area (Å²) in [6.07, 6.45) is 1.53. The third kappa shape index (κ3) is 4.38. The van der Waals surface area contributed by atoms with E-state index in [1.54, 1.807) is 12.1 Å². The van der Waals surface area contributed by atoms with E-state index in [-0.39, 0.29) is 19.1 Å². The van der Waals surface area contributed by atoms with Crippen LogP contribution in [0.4, 0.5) is 11.5 Å². The fourth-order valence-electron chi connectivity index (χ4n) is 1.14. The van der Waals surface area contributed by atoms with Crippen LogP contribution >= 0.6 is 0 Å². The number of pyridine rings is 1. The van der Waals surface area contributed by atoms with Crippen LogP contribution in [0, 0.1) is 0 Å². The maximum Gasteiger partial charge on any atom is 0.238 e. The van der Waals surface area contributed by atoms with Crippen LogP contribution in [0.25, 0.3) is 0 Å². The first kappa shape index (κ1) is 13.4. The van der Waals surface area contributed by atoms with Crippen LogP contribution < -0.4 is 16.4 Å². The van der Waals surface area contributed by atoms with E-state index in [4.69, 9.17) is 10.8 Å². The van der Waals surface area contributed by atoms with Gasteiger partial charge in [-0.1, -0.05) is 0 Å². The summed E-state index contributed by atoms with van der Waals surface area (Å²) >= 11 is 0. The normalized spacial score (nSPS) is 11.1. The molecule has 0 aromatic carbocycles. The highest BCUT2D eigenvalue weighted by Crippen LogP contribution is 2.14. The second kappa shape index (κ2) is 5.60. The molecule has 0 saturated heterocycles. The Morgan fingerprint density at radius 1 is 1.53 bits per heavy atom. The number of carbonyl (C=O) groups excluding carboxylic acids is 1. The van der Waals surface area contributed by atoms with Crippen molar-refractivity contribution >= 4 is 17.4 Å². The Labute approximate surface area is 100 Å². The lowest BCUT2D eigenvalue weighted by molar-refractivity contribution is -0.114. The third-order valence-electron chi connectivity index (χ3n) is 2.09. The van der Waals surface area contributed by atoms with Crippen molar-refractivity contribution in [2.75, 3.05) is 23.8 Å². The summed E-state index contributed by atoms with van der Waals surface area (Å²) in [4.78, 5) is 15.2. The van der Waals surface area contributed by atoms with Gasteiger partial charge in [0, 0.05) is 0 Å². The second-order valence-corrected chi connectivity index (χ2v) is 4.35. The summed E-state index contributed by atoms with van der Waals surface area (Å²) in [5, 5.41) is 14.8. The summed E-state index contributed by atoms with van der Waals surface area (Å²) in [7, 11) is 0.